The highest BCUT2D eigenvalue weighted by molar-refractivity contribution is 5.82. The minimum absolute atomic E-state index is 0.141. The summed E-state index contributed by atoms with van der Waals surface area (Å²) in [6.45, 7) is 12.5. The van der Waals surface area contributed by atoms with Gasteiger partial charge in [-0.05, 0) is 70.4 Å². The number of aliphatic imine (C=N–C) groups is 1. The maximum atomic E-state index is 6.53. The minimum Gasteiger partial charge on any atom is -0.464 e. The number of nitrogens with zero attached hydrogens (tertiary/aromatic N) is 1. The molecule has 1 spiro atoms. The van der Waals surface area contributed by atoms with Gasteiger partial charge in [0.15, 0.2) is 11.9 Å². The van der Waals surface area contributed by atoms with E-state index in [2.05, 4.69) is 25.8 Å². The molecular formula is C25H35NO5. The molecule has 0 aromatic heterocycles. The number of benzene rings is 1. The second-order valence-corrected chi connectivity index (χ2v) is 10.4. The fourth-order valence-corrected chi connectivity index (χ4v) is 6.16. The molecule has 4 aliphatic heterocycles. The Morgan fingerprint density at radius 1 is 1.10 bits per heavy atom. The van der Waals surface area contributed by atoms with Crippen LogP contribution in [0, 0.1) is 30.6 Å². The van der Waals surface area contributed by atoms with Gasteiger partial charge in [0.1, 0.15) is 5.75 Å². The second-order valence-electron chi connectivity index (χ2n) is 10.4. The van der Waals surface area contributed by atoms with Crippen molar-refractivity contribution in [3.8, 4) is 5.75 Å². The van der Waals surface area contributed by atoms with Crippen molar-refractivity contribution in [3.63, 3.8) is 0 Å². The Labute approximate surface area is 185 Å². The van der Waals surface area contributed by atoms with Gasteiger partial charge in [0.25, 0.3) is 0 Å². The highest BCUT2D eigenvalue weighted by Crippen LogP contribution is 2.60. The third-order valence-corrected chi connectivity index (χ3v) is 7.87. The molecule has 1 aliphatic carbocycles. The normalized spacial score (nSPS) is 43.7. The number of ether oxygens (including phenoxy) is 3. The Hall–Kier alpha value is -1.47. The van der Waals surface area contributed by atoms with Gasteiger partial charge in [-0.1, -0.05) is 19.9 Å². The van der Waals surface area contributed by atoms with E-state index in [1.54, 1.807) is 0 Å². The van der Waals surface area contributed by atoms with Crippen LogP contribution in [0.4, 0.5) is 5.69 Å². The highest BCUT2D eigenvalue weighted by Gasteiger charge is 2.69. The Morgan fingerprint density at radius 3 is 2.68 bits per heavy atom. The van der Waals surface area contributed by atoms with E-state index >= 15 is 0 Å². The van der Waals surface area contributed by atoms with Crippen LogP contribution in [-0.4, -0.2) is 29.7 Å². The quantitative estimate of drug-likeness (QED) is 0.456. The molecule has 1 saturated carbocycles. The maximum Gasteiger partial charge on any atom is 0.205 e. The van der Waals surface area contributed by atoms with Crippen LogP contribution in [0.5, 0.6) is 5.75 Å². The SMILES string of the molecule is CC(C)=Nc1cc(OC2O[C@@H]3O[C@]4(C)CC[C@H]5[C@H](C)CCC([C@H]2C)[C@@]35OO4)ccc1C. The lowest BCUT2D eigenvalue weighted by Gasteiger charge is -2.60. The van der Waals surface area contributed by atoms with Crippen molar-refractivity contribution in [1.82, 2.24) is 0 Å². The van der Waals surface area contributed by atoms with Crippen LogP contribution < -0.4 is 4.74 Å². The van der Waals surface area contributed by atoms with Crippen LogP contribution in [0.25, 0.3) is 0 Å². The fraction of sp³-hybridized carbons (Fsp3) is 0.720. The first kappa shape index (κ1) is 21.4. The van der Waals surface area contributed by atoms with E-state index in [9.17, 15) is 0 Å². The van der Waals surface area contributed by atoms with E-state index < -0.39 is 24.0 Å². The van der Waals surface area contributed by atoms with Gasteiger partial charge in [0.05, 0.1) is 5.69 Å². The molecule has 31 heavy (non-hydrogen) atoms. The Morgan fingerprint density at radius 2 is 1.90 bits per heavy atom. The van der Waals surface area contributed by atoms with Gasteiger partial charge in [-0.3, -0.25) is 4.99 Å². The first-order chi connectivity index (χ1) is 14.7. The van der Waals surface area contributed by atoms with E-state index in [-0.39, 0.29) is 11.8 Å². The molecule has 1 aromatic rings. The molecule has 5 fully saturated rings. The molecule has 0 radical (unpaired) electrons. The van der Waals surface area contributed by atoms with Crippen molar-refractivity contribution < 1.29 is 24.0 Å². The average Bonchev–Trinajstić information content (AvgIpc) is 2.94. The van der Waals surface area contributed by atoms with Crippen molar-refractivity contribution in [2.75, 3.05) is 0 Å². The van der Waals surface area contributed by atoms with Gasteiger partial charge >= 0.3 is 0 Å². The standard InChI is InChI=1S/C25H35NO5/c1-14(2)26-21-13-18(9-7-16(21)4)27-22-17(5)20-10-8-15(3)19-11-12-24(6)29-23(28-22)25(19,20)31-30-24/h7,9,13,15,17,19-20,22-23H,8,10-12H2,1-6H3/t15-,17-,19+,20?,22?,23-,24+,25-/m1/s1. The summed E-state index contributed by atoms with van der Waals surface area (Å²) in [6.07, 6.45) is 3.17. The largest absolute Gasteiger partial charge is 0.464 e. The summed E-state index contributed by atoms with van der Waals surface area (Å²) in [6, 6.07) is 6.04. The average molecular weight is 430 g/mol. The Kier molecular flexibility index (Phi) is 5.20. The molecule has 4 saturated heterocycles. The molecule has 170 valence electrons. The molecular weight excluding hydrogens is 394 g/mol. The first-order valence-electron chi connectivity index (χ1n) is 11.7. The van der Waals surface area contributed by atoms with Crippen LogP contribution in [-0.2, 0) is 19.2 Å². The predicted octanol–water partition coefficient (Wildman–Crippen LogP) is 5.69. The molecule has 6 rings (SSSR count). The summed E-state index contributed by atoms with van der Waals surface area (Å²) in [7, 11) is 0. The van der Waals surface area contributed by atoms with Crippen LogP contribution in [0.2, 0.25) is 0 Å². The van der Waals surface area contributed by atoms with Gasteiger partial charge in [-0.15, -0.1) is 0 Å². The molecule has 2 unspecified atom stereocenters. The predicted molar refractivity (Wildman–Crippen MR) is 117 cm³/mol. The van der Waals surface area contributed by atoms with Crippen molar-refractivity contribution in [2.45, 2.75) is 91.2 Å². The van der Waals surface area contributed by atoms with E-state index in [4.69, 9.17) is 24.0 Å². The number of rotatable bonds is 3. The minimum atomic E-state index is -0.771. The zero-order valence-corrected chi connectivity index (χ0v) is 19.5. The lowest BCUT2D eigenvalue weighted by atomic mass is 9.58. The lowest BCUT2D eigenvalue weighted by molar-refractivity contribution is -0.575. The summed E-state index contributed by atoms with van der Waals surface area (Å²) in [5, 5.41) is 0. The summed E-state index contributed by atoms with van der Waals surface area (Å²) in [5.41, 5.74) is 2.50. The van der Waals surface area contributed by atoms with Crippen LogP contribution in [0.1, 0.15) is 65.9 Å². The van der Waals surface area contributed by atoms with E-state index in [0.717, 1.165) is 42.0 Å². The van der Waals surface area contributed by atoms with Gasteiger partial charge in [0, 0.05) is 30.0 Å². The van der Waals surface area contributed by atoms with E-state index in [1.165, 1.54) is 6.42 Å². The highest BCUT2D eigenvalue weighted by atomic mass is 17.3. The molecule has 1 aromatic carbocycles. The smallest absolute Gasteiger partial charge is 0.205 e. The summed E-state index contributed by atoms with van der Waals surface area (Å²) >= 11 is 0. The van der Waals surface area contributed by atoms with Crippen molar-refractivity contribution in [1.29, 1.82) is 0 Å². The molecule has 6 heteroatoms. The molecule has 6 nitrogen and oxygen atoms in total. The topological polar surface area (TPSA) is 58.5 Å². The molecule has 0 amide bonds. The molecule has 0 N–H and O–H groups in total. The second kappa shape index (κ2) is 7.55. The van der Waals surface area contributed by atoms with Crippen LogP contribution in [0.15, 0.2) is 23.2 Å². The van der Waals surface area contributed by atoms with E-state index in [1.807, 2.05) is 39.0 Å². The van der Waals surface area contributed by atoms with Crippen molar-refractivity contribution in [3.05, 3.63) is 23.8 Å². The summed E-state index contributed by atoms with van der Waals surface area (Å²) in [4.78, 5) is 16.7. The molecule has 4 heterocycles. The van der Waals surface area contributed by atoms with E-state index in [0.29, 0.717) is 11.8 Å². The molecule has 5 aliphatic rings. The molecule has 2 bridgehead atoms. The monoisotopic (exact) mass is 429 g/mol. The maximum absolute atomic E-state index is 6.53. The number of hydrogen-bond acceptors (Lipinski definition) is 6. The number of hydrogen-bond donors (Lipinski definition) is 0. The van der Waals surface area contributed by atoms with Crippen molar-refractivity contribution >= 4 is 11.4 Å². The lowest BCUT2D eigenvalue weighted by Crippen LogP contribution is -2.70. The fourth-order valence-electron chi connectivity index (χ4n) is 6.16. The summed E-state index contributed by atoms with van der Waals surface area (Å²) < 4.78 is 19.4. The first-order valence-corrected chi connectivity index (χ1v) is 11.7. The van der Waals surface area contributed by atoms with Crippen LogP contribution >= 0.6 is 0 Å². The zero-order chi connectivity index (χ0) is 22.0. The number of aryl methyl sites for hydroxylation is 1. The van der Waals surface area contributed by atoms with Crippen LogP contribution in [0.3, 0.4) is 0 Å². The van der Waals surface area contributed by atoms with Gasteiger partial charge < -0.3 is 14.2 Å². The van der Waals surface area contributed by atoms with Gasteiger partial charge in [-0.25, -0.2) is 9.78 Å². The zero-order valence-electron chi connectivity index (χ0n) is 19.5. The molecule has 8 atom stereocenters. The van der Waals surface area contributed by atoms with Gasteiger partial charge in [-0.2, -0.15) is 0 Å². The third kappa shape index (κ3) is 3.43. The Bertz CT molecular complexity index is 883. The van der Waals surface area contributed by atoms with Gasteiger partial charge in [0.2, 0.25) is 12.1 Å². The number of fused-ring (bicyclic) bond motifs is 2. The third-order valence-electron chi connectivity index (χ3n) is 7.87. The summed E-state index contributed by atoms with van der Waals surface area (Å²) in [5.74, 6) is 1.29. The van der Waals surface area contributed by atoms with Crippen molar-refractivity contribution in [2.24, 2.45) is 28.7 Å². The Balaban J connectivity index is 1.46.